The number of halogens is 2. The van der Waals surface area contributed by atoms with Crippen molar-refractivity contribution in [2.24, 2.45) is 0 Å². The van der Waals surface area contributed by atoms with Crippen molar-refractivity contribution in [1.29, 1.82) is 5.41 Å². The molecule has 5 nitrogen and oxygen atoms in total. The smallest absolute Gasteiger partial charge is 0.261 e. The number of amides is 1. The van der Waals surface area contributed by atoms with E-state index in [2.05, 4.69) is 5.32 Å². The second-order valence-electron chi connectivity index (χ2n) is 4.97. The number of hydrogen-bond acceptors (Lipinski definition) is 4. The van der Waals surface area contributed by atoms with E-state index in [1.165, 1.54) is 6.07 Å². The van der Waals surface area contributed by atoms with E-state index < -0.39 is 5.91 Å². The molecular weight excluding hydrogens is 351 g/mol. The van der Waals surface area contributed by atoms with Gasteiger partial charge in [0.15, 0.2) is 0 Å². The molecule has 24 heavy (non-hydrogen) atoms. The Bertz CT molecular complexity index is 999. The highest BCUT2D eigenvalue weighted by Crippen LogP contribution is 2.26. The van der Waals surface area contributed by atoms with Crippen molar-refractivity contribution in [3.05, 3.63) is 63.6 Å². The van der Waals surface area contributed by atoms with Gasteiger partial charge >= 0.3 is 0 Å². The van der Waals surface area contributed by atoms with Crippen LogP contribution in [0.1, 0.15) is 10.4 Å². The monoisotopic (exact) mass is 362 g/mol. The van der Waals surface area contributed by atoms with Gasteiger partial charge in [-0.05, 0) is 42.5 Å². The molecule has 0 spiro atoms. The van der Waals surface area contributed by atoms with E-state index >= 15 is 0 Å². The molecule has 0 aliphatic heterocycles. The molecular formula is C17H12Cl2N2O3. The molecule has 0 radical (unpaired) electrons. The fourth-order valence-corrected chi connectivity index (χ4v) is 2.65. The van der Waals surface area contributed by atoms with E-state index in [0.717, 1.165) is 0 Å². The summed E-state index contributed by atoms with van der Waals surface area (Å²) < 4.78 is 10.6. The minimum Gasteiger partial charge on any atom is -0.497 e. The first-order valence-corrected chi connectivity index (χ1v) is 7.66. The van der Waals surface area contributed by atoms with Gasteiger partial charge in [-0.3, -0.25) is 10.2 Å². The van der Waals surface area contributed by atoms with Crippen molar-refractivity contribution in [3.8, 4) is 5.75 Å². The fraction of sp³-hybridized carbons (Fsp3) is 0.0588. The van der Waals surface area contributed by atoms with Crippen LogP contribution >= 0.6 is 23.2 Å². The highest BCUT2D eigenvalue weighted by Gasteiger charge is 2.14. The largest absolute Gasteiger partial charge is 0.497 e. The van der Waals surface area contributed by atoms with Gasteiger partial charge in [-0.1, -0.05) is 23.2 Å². The average Bonchev–Trinajstić information content (AvgIpc) is 2.56. The van der Waals surface area contributed by atoms with Gasteiger partial charge in [0.25, 0.3) is 5.91 Å². The van der Waals surface area contributed by atoms with Gasteiger partial charge in [0.1, 0.15) is 16.9 Å². The number of nitrogens with one attached hydrogen (secondary N) is 2. The van der Waals surface area contributed by atoms with Crippen molar-refractivity contribution in [2.75, 3.05) is 12.4 Å². The predicted octanol–water partition coefficient (Wildman–Crippen LogP) is 4.48. The van der Waals surface area contributed by atoms with Crippen LogP contribution in [0.15, 0.2) is 46.9 Å². The third-order valence-electron chi connectivity index (χ3n) is 3.40. The highest BCUT2D eigenvalue weighted by molar-refractivity contribution is 6.36. The molecule has 2 N–H and O–H groups in total. The second kappa shape index (κ2) is 6.55. The molecule has 0 aliphatic carbocycles. The Morgan fingerprint density at radius 1 is 1.17 bits per heavy atom. The number of ether oxygens (including phenoxy) is 1. The molecule has 122 valence electrons. The van der Waals surface area contributed by atoms with Crippen LogP contribution in [0.5, 0.6) is 5.75 Å². The summed E-state index contributed by atoms with van der Waals surface area (Å²) in [4.78, 5) is 12.5. The Morgan fingerprint density at radius 3 is 2.67 bits per heavy atom. The minimum absolute atomic E-state index is 0.0850. The Hall–Kier alpha value is -2.50. The topological polar surface area (TPSA) is 75.3 Å². The molecule has 0 saturated carbocycles. The standard InChI is InChI=1S/C17H12Cl2N2O3/c1-23-11-3-5-15-9(6-11)7-12(16(20)24-15)17(22)21-14-4-2-10(18)8-13(14)19/h2-8,20H,1H3,(H,21,22). The molecule has 1 amide bonds. The van der Waals surface area contributed by atoms with E-state index in [1.54, 1.807) is 43.5 Å². The molecule has 0 unspecified atom stereocenters. The predicted molar refractivity (Wildman–Crippen MR) is 93.0 cm³/mol. The van der Waals surface area contributed by atoms with Crippen LogP contribution in [0, 0.1) is 5.41 Å². The van der Waals surface area contributed by atoms with Crippen molar-refractivity contribution in [2.45, 2.75) is 0 Å². The van der Waals surface area contributed by atoms with Crippen molar-refractivity contribution < 1.29 is 13.9 Å². The van der Waals surface area contributed by atoms with Crippen molar-refractivity contribution in [3.63, 3.8) is 0 Å². The SMILES string of the molecule is COc1ccc2oc(=N)c(C(=O)Nc3ccc(Cl)cc3Cl)cc2c1. The molecule has 1 heterocycles. The van der Waals surface area contributed by atoms with Crippen molar-refractivity contribution >= 4 is 45.8 Å². The molecule has 0 bridgehead atoms. The number of fused-ring (bicyclic) bond motifs is 1. The number of hydrogen-bond donors (Lipinski definition) is 2. The number of rotatable bonds is 3. The molecule has 0 atom stereocenters. The first-order valence-electron chi connectivity index (χ1n) is 6.91. The molecule has 7 heteroatoms. The van der Waals surface area contributed by atoms with Crippen LogP contribution in [0.25, 0.3) is 11.0 Å². The number of benzene rings is 2. The maximum atomic E-state index is 12.5. The normalized spacial score (nSPS) is 10.6. The molecule has 0 saturated heterocycles. The zero-order valence-electron chi connectivity index (χ0n) is 12.5. The van der Waals surface area contributed by atoms with Gasteiger partial charge in [-0.15, -0.1) is 0 Å². The Morgan fingerprint density at radius 2 is 1.96 bits per heavy atom. The molecule has 3 rings (SSSR count). The second-order valence-corrected chi connectivity index (χ2v) is 5.81. The molecule has 2 aromatic carbocycles. The average molecular weight is 363 g/mol. The van der Waals surface area contributed by atoms with Gasteiger partial charge < -0.3 is 14.5 Å². The van der Waals surface area contributed by atoms with Gasteiger partial charge in [0.2, 0.25) is 5.55 Å². The Balaban J connectivity index is 1.99. The van der Waals surface area contributed by atoms with Crippen molar-refractivity contribution in [1.82, 2.24) is 0 Å². The lowest BCUT2D eigenvalue weighted by Gasteiger charge is -2.08. The zero-order chi connectivity index (χ0) is 17.3. The molecule has 0 aliphatic rings. The van der Waals surface area contributed by atoms with Crippen LogP contribution in [0.4, 0.5) is 5.69 Å². The van der Waals surface area contributed by atoms with Gasteiger partial charge in [0.05, 0.1) is 17.8 Å². The van der Waals surface area contributed by atoms with E-state index in [1.807, 2.05) is 0 Å². The van der Waals surface area contributed by atoms with Crippen LogP contribution in [-0.4, -0.2) is 13.0 Å². The summed E-state index contributed by atoms with van der Waals surface area (Å²) in [6.45, 7) is 0. The third-order valence-corrected chi connectivity index (χ3v) is 3.95. The lowest BCUT2D eigenvalue weighted by molar-refractivity contribution is 0.102. The van der Waals surface area contributed by atoms with Gasteiger partial charge in [-0.25, -0.2) is 0 Å². The number of carbonyl (C=O) groups excluding carboxylic acids is 1. The summed E-state index contributed by atoms with van der Waals surface area (Å²) in [5, 5.41) is 12.0. The maximum Gasteiger partial charge on any atom is 0.261 e. The summed E-state index contributed by atoms with van der Waals surface area (Å²) in [6.07, 6.45) is 0. The quantitative estimate of drug-likeness (QED) is 0.721. The summed E-state index contributed by atoms with van der Waals surface area (Å²) in [5.74, 6) is 0.125. The lowest BCUT2D eigenvalue weighted by Crippen LogP contribution is -2.21. The Kier molecular flexibility index (Phi) is 4.46. The zero-order valence-corrected chi connectivity index (χ0v) is 14.0. The first kappa shape index (κ1) is 16.4. The number of anilines is 1. The highest BCUT2D eigenvalue weighted by atomic mass is 35.5. The first-order chi connectivity index (χ1) is 11.5. The van der Waals surface area contributed by atoms with Crippen LogP contribution in [0.3, 0.4) is 0 Å². The van der Waals surface area contributed by atoms with Crippen LogP contribution in [-0.2, 0) is 0 Å². The number of carbonyl (C=O) groups is 1. The summed E-state index contributed by atoms with van der Waals surface area (Å²) in [6, 6.07) is 11.4. The van der Waals surface area contributed by atoms with Gasteiger partial charge in [0, 0.05) is 10.4 Å². The lowest BCUT2D eigenvalue weighted by atomic mass is 10.1. The van der Waals surface area contributed by atoms with E-state index in [9.17, 15) is 4.79 Å². The minimum atomic E-state index is -0.502. The third kappa shape index (κ3) is 3.22. The van der Waals surface area contributed by atoms with E-state index in [0.29, 0.717) is 32.5 Å². The van der Waals surface area contributed by atoms with Crippen LogP contribution < -0.4 is 15.6 Å². The summed E-state index contributed by atoms with van der Waals surface area (Å²) in [5.41, 5.74) is 0.732. The Labute approximate surface area is 147 Å². The summed E-state index contributed by atoms with van der Waals surface area (Å²) >= 11 is 11.9. The van der Waals surface area contributed by atoms with E-state index in [-0.39, 0.29) is 11.1 Å². The maximum absolute atomic E-state index is 12.5. The van der Waals surface area contributed by atoms with Gasteiger partial charge in [-0.2, -0.15) is 0 Å². The molecule has 0 fully saturated rings. The molecule has 3 aromatic rings. The summed E-state index contributed by atoms with van der Waals surface area (Å²) in [7, 11) is 1.55. The fourth-order valence-electron chi connectivity index (χ4n) is 2.19. The van der Waals surface area contributed by atoms with Crippen LogP contribution in [0.2, 0.25) is 10.0 Å². The van der Waals surface area contributed by atoms with E-state index in [4.69, 9.17) is 37.8 Å². The number of methoxy groups -OCH3 is 1. The molecule has 1 aromatic heterocycles.